The number of carbonyl (C=O) groups excluding carboxylic acids is 2. The smallest absolute Gasteiger partial charge is 0.303 e. The molecule has 1 aromatic carbocycles. The molecule has 3 aliphatic carbocycles. The number of amides is 2. The van der Waals surface area contributed by atoms with E-state index in [0.717, 1.165) is 82.1 Å². The predicted molar refractivity (Wildman–Crippen MR) is 185 cm³/mol. The quantitative estimate of drug-likeness (QED) is 0.481. The third-order valence-corrected chi connectivity index (χ3v) is 13.6. The monoisotopic (exact) mass is 673 g/mol. The topological polar surface area (TPSA) is 104 Å². The zero-order valence-corrected chi connectivity index (χ0v) is 29.3. The number of benzene rings is 1. The molecular formula is C37H47N5O5S. The SMILES string of the molecule is COc1ccc(C2CCCCC2)c2c1cc1n2CC2=C(C(=O)NS(=O)(=O)N(C)C)C2=C2C=CC[C@@H](C(=O)N3CCC4CCC(C3)N4C)C21. The molecule has 3 unspecified atom stereocenters. The van der Waals surface area contributed by atoms with Gasteiger partial charge in [-0.3, -0.25) is 14.5 Å². The molecule has 2 amide bonds. The number of allylic oxidation sites excluding steroid dienone is 4. The highest BCUT2D eigenvalue weighted by Crippen LogP contribution is 2.55. The van der Waals surface area contributed by atoms with Crippen molar-refractivity contribution in [2.75, 3.05) is 41.3 Å². The Morgan fingerprint density at radius 1 is 1.02 bits per heavy atom. The summed E-state index contributed by atoms with van der Waals surface area (Å²) in [5.41, 5.74) is 6.52. The van der Waals surface area contributed by atoms with Crippen LogP contribution in [-0.2, 0) is 26.3 Å². The second kappa shape index (κ2) is 11.9. The first-order chi connectivity index (χ1) is 23.1. The van der Waals surface area contributed by atoms with Gasteiger partial charge in [-0.15, -0.1) is 0 Å². The number of aromatic nitrogens is 1. The highest BCUT2D eigenvalue weighted by atomic mass is 32.2. The second-order valence-corrected chi connectivity index (χ2v) is 16.7. The van der Waals surface area contributed by atoms with Crippen LogP contribution in [0.2, 0.25) is 0 Å². The van der Waals surface area contributed by atoms with Crippen LogP contribution in [0.4, 0.5) is 0 Å². The fourth-order valence-corrected chi connectivity index (χ4v) is 10.0. The number of carbonyl (C=O) groups is 2. The summed E-state index contributed by atoms with van der Waals surface area (Å²) in [6.07, 6.45) is 14.0. The lowest BCUT2D eigenvalue weighted by molar-refractivity contribution is -0.136. The van der Waals surface area contributed by atoms with Gasteiger partial charge < -0.3 is 14.2 Å². The molecule has 11 heteroatoms. The van der Waals surface area contributed by atoms with E-state index in [0.29, 0.717) is 36.5 Å². The zero-order chi connectivity index (χ0) is 33.5. The van der Waals surface area contributed by atoms with Crippen molar-refractivity contribution in [3.63, 3.8) is 0 Å². The molecule has 8 rings (SSSR count). The van der Waals surface area contributed by atoms with Gasteiger partial charge >= 0.3 is 10.2 Å². The first-order valence-electron chi connectivity index (χ1n) is 17.7. The average molecular weight is 674 g/mol. The van der Waals surface area contributed by atoms with E-state index in [4.69, 9.17) is 4.74 Å². The minimum atomic E-state index is -3.98. The lowest BCUT2D eigenvalue weighted by Gasteiger charge is -2.35. The Balaban J connectivity index is 1.28. The number of likely N-dealkylation sites (tertiary alicyclic amines) is 1. The lowest BCUT2D eigenvalue weighted by atomic mass is 9.75. The maximum atomic E-state index is 14.8. The van der Waals surface area contributed by atoms with E-state index in [9.17, 15) is 18.0 Å². The number of nitrogens with one attached hydrogen (secondary N) is 1. The molecule has 1 saturated carbocycles. The fraction of sp³-hybridized carbons (Fsp3) is 0.568. The minimum absolute atomic E-state index is 0.171. The maximum Gasteiger partial charge on any atom is 0.303 e. The van der Waals surface area contributed by atoms with E-state index in [2.05, 4.69) is 56.5 Å². The first-order valence-corrected chi connectivity index (χ1v) is 19.1. The molecule has 1 aromatic heterocycles. The normalized spacial score (nSPS) is 27.5. The number of rotatable bonds is 6. The molecule has 3 aliphatic heterocycles. The van der Waals surface area contributed by atoms with Crippen molar-refractivity contribution in [2.45, 2.75) is 88.3 Å². The molecule has 4 atom stereocenters. The van der Waals surface area contributed by atoms with Crippen LogP contribution < -0.4 is 9.46 Å². The van der Waals surface area contributed by atoms with Gasteiger partial charge in [-0.2, -0.15) is 12.7 Å². The molecular weight excluding hydrogens is 627 g/mol. The van der Waals surface area contributed by atoms with Crippen LogP contribution in [0, 0.1) is 5.92 Å². The lowest BCUT2D eigenvalue weighted by Crippen LogP contribution is -2.44. The van der Waals surface area contributed by atoms with Gasteiger partial charge in [0.2, 0.25) is 5.91 Å². The highest BCUT2D eigenvalue weighted by molar-refractivity contribution is 7.87. The molecule has 2 saturated heterocycles. The minimum Gasteiger partial charge on any atom is -0.496 e. The van der Waals surface area contributed by atoms with E-state index in [1.165, 1.54) is 45.3 Å². The molecule has 0 radical (unpaired) electrons. The van der Waals surface area contributed by atoms with Gasteiger partial charge in [-0.1, -0.05) is 37.5 Å². The van der Waals surface area contributed by atoms with Crippen molar-refractivity contribution in [3.05, 3.63) is 63.9 Å². The van der Waals surface area contributed by atoms with Gasteiger partial charge in [0, 0.05) is 62.8 Å². The Bertz CT molecular complexity index is 1900. The second-order valence-electron chi connectivity index (χ2n) is 14.9. The van der Waals surface area contributed by atoms with Crippen molar-refractivity contribution in [2.24, 2.45) is 5.92 Å². The van der Waals surface area contributed by atoms with E-state index in [1.807, 2.05) is 0 Å². The van der Waals surface area contributed by atoms with Crippen molar-refractivity contribution < 1.29 is 22.7 Å². The summed E-state index contributed by atoms with van der Waals surface area (Å²) in [4.78, 5) is 33.0. The summed E-state index contributed by atoms with van der Waals surface area (Å²) in [7, 11) is 2.74. The molecule has 48 heavy (non-hydrogen) atoms. The number of likely N-dealkylation sites (N-methyl/N-ethyl adjacent to an activating group) is 1. The predicted octanol–water partition coefficient (Wildman–Crippen LogP) is 4.60. The number of hydrogen-bond acceptors (Lipinski definition) is 6. The Morgan fingerprint density at radius 2 is 1.79 bits per heavy atom. The largest absolute Gasteiger partial charge is 0.496 e. The van der Waals surface area contributed by atoms with Crippen LogP contribution >= 0.6 is 0 Å². The Kier molecular flexibility index (Phi) is 7.88. The standard InChI is InChI=1S/C37H47N5O5S/c1-39(2)48(45,46)38-36(43)34-29-21-42-30(19-28-31(47-4)16-15-25(35(28)42)22-9-6-5-7-10-22)32-26(33(29)34)11-8-12-27(32)37(44)41-18-17-23-13-14-24(20-41)40(23)3/h8,11,15-16,19,22-24,27,32H,5-7,9-10,12-14,17-18,20-21H2,1-4H3,(H,38,43)/t23?,24?,27-,32?/m1/s1. The fourth-order valence-electron chi connectivity index (χ4n) is 9.51. The van der Waals surface area contributed by atoms with Gasteiger partial charge in [0.1, 0.15) is 5.75 Å². The molecule has 0 spiro atoms. The van der Waals surface area contributed by atoms with Crippen molar-refractivity contribution in [1.82, 2.24) is 23.4 Å². The molecule has 2 bridgehead atoms. The Labute approximate surface area is 283 Å². The summed E-state index contributed by atoms with van der Waals surface area (Å²) in [6, 6.07) is 7.45. The van der Waals surface area contributed by atoms with Crippen molar-refractivity contribution in [3.8, 4) is 5.75 Å². The van der Waals surface area contributed by atoms with Gasteiger partial charge in [0.25, 0.3) is 5.91 Å². The third kappa shape index (κ3) is 5.07. The average Bonchev–Trinajstić information content (AvgIpc) is 3.61. The molecule has 6 aliphatic rings. The van der Waals surface area contributed by atoms with E-state index < -0.39 is 16.1 Å². The maximum absolute atomic E-state index is 14.8. The van der Waals surface area contributed by atoms with Crippen molar-refractivity contribution in [1.29, 1.82) is 0 Å². The Hall–Kier alpha value is -3.41. The molecule has 256 valence electrons. The third-order valence-electron chi connectivity index (χ3n) is 12.2. The van der Waals surface area contributed by atoms with E-state index in [1.54, 1.807) is 7.11 Å². The highest BCUT2D eigenvalue weighted by Gasteiger charge is 2.49. The summed E-state index contributed by atoms with van der Waals surface area (Å²) in [6.45, 7) is 1.94. The van der Waals surface area contributed by atoms with E-state index in [-0.39, 0.29) is 17.7 Å². The van der Waals surface area contributed by atoms with Crippen LogP contribution in [0.1, 0.15) is 80.9 Å². The van der Waals surface area contributed by atoms with E-state index >= 15 is 0 Å². The molecule has 2 aromatic rings. The summed E-state index contributed by atoms with van der Waals surface area (Å²) in [5.74, 6) is 0.178. The van der Waals surface area contributed by atoms with Crippen LogP contribution in [0.25, 0.3) is 10.9 Å². The molecule has 10 nitrogen and oxygen atoms in total. The van der Waals surface area contributed by atoms with Crippen molar-refractivity contribution >= 4 is 32.9 Å². The Morgan fingerprint density at radius 3 is 2.54 bits per heavy atom. The van der Waals surface area contributed by atoms with Crippen LogP contribution in [0.5, 0.6) is 5.75 Å². The molecule has 1 N–H and O–H groups in total. The van der Waals surface area contributed by atoms with Crippen LogP contribution in [0.15, 0.2) is 52.6 Å². The number of nitrogens with zero attached hydrogens (tertiary/aromatic N) is 4. The number of hydrogen-bond donors (Lipinski definition) is 1. The van der Waals surface area contributed by atoms with Crippen LogP contribution in [-0.4, -0.2) is 92.3 Å². The first kappa shape index (κ1) is 31.8. The number of fused-ring (bicyclic) bond motifs is 8. The van der Waals surface area contributed by atoms with Gasteiger partial charge in [-0.25, -0.2) is 4.72 Å². The summed E-state index contributed by atoms with van der Waals surface area (Å²) in [5, 5.41) is 1.04. The van der Waals surface area contributed by atoms with Crippen LogP contribution in [0.3, 0.4) is 0 Å². The zero-order valence-electron chi connectivity index (χ0n) is 28.5. The number of methoxy groups -OCH3 is 1. The molecule has 3 fully saturated rings. The number of ether oxygens (including phenoxy) is 1. The summed E-state index contributed by atoms with van der Waals surface area (Å²) < 4.78 is 37.1. The van der Waals surface area contributed by atoms with Gasteiger partial charge in [0.05, 0.1) is 24.1 Å². The molecule has 4 heterocycles. The van der Waals surface area contributed by atoms with Gasteiger partial charge in [0.15, 0.2) is 0 Å². The van der Waals surface area contributed by atoms with Gasteiger partial charge in [-0.05, 0) is 85.9 Å². The summed E-state index contributed by atoms with van der Waals surface area (Å²) >= 11 is 0.